The van der Waals surface area contributed by atoms with Crippen molar-refractivity contribution < 1.29 is 19.1 Å². The van der Waals surface area contributed by atoms with E-state index in [0.717, 1.165) is 55.3 Å². The standard InChI is InChI=1S/C27H27FN2O4/c28-21-14-12-18(13-15-21)17-30-23-11-7-2-1-4-10-20(23)16-22(26(30)32)25(31)29-24(27(33)34)19-8-5-3-6-9-19/h3,5-6,8-9,12-16,24H,1-2,4,7,10-11,17H2,(H,29,31)(H,33,34). The predicted octanol–water partition coefficient (Wildman–Crippen LogP) is 4.25. The Morgan fingerprint density at radius 3 is 2.32 bits per heavy atom. The van der Waals surface area contributed by atoms with Crippen LogP contribution in [0, 0.1) is 5.82 Å². The Morgan fingerprint density at radius 2 is 1.65 bits per heavy atom. The molecular formula is C27H27FN2O4. The van der Waals surface area contributed by atoms with Gasteiger partial charge in [0.05, 0.1) is 6.54 Å². The largest absolute Gasteiger partial charge is 0.479 e. The van der Waals surface area contributed by atoms with Gasteiger partial charge in [-0.3, -0.25) is 9.59 Å². The highest BCUT2D eigenvalue weighted by Crippen LogP contribution is 2.22. The summed E-state index contributed by atoms with van der Waals surface area (Å²) in [6.45, 7) is 0.212. The van der Waals surface area contributed by atoms with E-state index in [9.17, 15) is 23.9 Å². The fourth-order valence-electron chi connectivity index (χ4n) is 4.48. The molecule has 0 spiro atoms. The molecule has 1 aromatic heterocycles. The molecule has 3 aromatic rings. The van der Waals surface area contributed by atoms with E-state index in [4.69, 9.17) is 0 Å². The van der Waals surface area contributed by atoms with Gasteiger partial charge in [-0.25, -0.2) is 9.18 Å². The number of aliphatic carboxylic acids is 1. The minimum absolute atomic E-state index is 0.0800. The number of amides is 1. The number of aromatic nitrogens is 1. The number of rotatable bonds is 6. The van der Waals surface area contributed by atoms with Gasteiger partial charge in [0.25, 0.3) is 11.5 Å². The first kappa shape index (κ1) is 23.4. The summed E-state index contributed by atoms with van der Waals surface area (Å²) < 4.78 is 15.0. The van der Waals surface area contributed by atoms with E-state index in [1.807, 2.05) is 0 Å². The van der Waals surface area contributed by atoms with Crippen LogP contribution in [-0.4, -0.2) is 21.6 Å². The molecule has 1 unspecified atom stereocenters. The Labute approximate surface area is 197 Å². The molecule has 4 rings (SSSR count). The molecule has 0 saturated heterocycles. The average Bonchev–Trinajstić information content (AvgIpc) is 2.81. The van der Waals surface area contributed by atoms with Crippen molar-refractivity contribution in [2.75, 3.05) is 0 Å². The first-order valence-electron chi connectivity index (χ1n) is 11.5. The second-order valence-corrected chi connectivity index (χ2v) is 8.62. The quantitative estimate of drug-likeness (QED) is 0.573. The monoisotopic (exact) mass is 462 g/mol. The molecule has 0 bridgehead atoms. The highest BCUT2D eigenvalue weighted by molar-refractivity contribution is 5.96. The summed E-state index contributed by atoms with van der Waals surface area (Å²) in [5.41, 5.74) is 2.43. The fourth-order valence-corrected chi connectivity index (χ4v) is 4.48. The van der Waals surface area contributed by atoms with Gasteiger partial charge in [0.1, 0.15) is 11.4 Å². The predicted molar refractivity (Wildman–Crippen MR) is 126 cm³/mol. The summed E-state index contributed by atoms with van der Waals surface area (Å²) in [7, 11) is 0. The van der Waals surface area contributed by atoms with Crippen LogP contribution in [-0.2, 0) is 24.2 Å². The van der Waals surface area contributed by atoms with Crippen molar-refractivity contribution in [1.29, 1.82) is 0 Å². The van der Waals surface area contributed by atoms with Crippen LogP contribution < -0.4 is 10.9 Å². The summed E-state index contributed by atoms with van der Waals surface area (Å²) >= 11 is 0. The van der Waals surface area contributed by atoms with E-state index in [1.54, 1.807) is 53.1 Å². The average molecular weight is 463 g/mol. The number of hydrogen-bond donors (Lipinski definition) is 2. The van der Waals surface area contributed by atoms with E-state index in [-0.39, 0.29) is 17.9 Å². The summed E-state index contributed by atoms with van der Waals surface area (Å²) in [6.07, 6.45) is 5.49. The number of carboxylic acids is 1. The van der Waals surface area contributed by atoms with Gasteiger partial charge < -0.3 is 15.0 Å². The second-order valence-electron chi connectivity index (χ2n) is 8.62. The zero-order valence-electron chi connectivity index (χ0n) is 18.8. The minimum atomic E-state index is -1.28. The molecule has 0 radical (unpaired) electrons. The molecule has 7 heteroatoms. The number of nitrogens with zero attached hydrogens (tertiary/aromatic N) is 1. The number of benzene rings is 2. The molecule has 34 heavy (non-hydrogen) atoms. The van der Waals surface area contributed by atoms with Crippen molar-refractivity contribution in [3.05, 3.63) is 105 Å². The molecule has 1 amide bonds. The van der Waals surface area contributed by atoms with Crippen LogP contribution >= 0.6 is 0 Å². The van der Waals surface area contributed by atoms with Crippen molar-refractivity contribution >= 4 is 11.9 Å². The first-order chi connectivity index (χ1) is 16.4. The summed E-state index contributed by atoms with van der Waals surface area (Å²) in [6, 6.07) is 14.7. The Hall–Kier alpha value is -3.74. The van der Waals surface area contributed by atoms with E-state index in [1.165, 1.54) is 12.1 Å². The molecule has 1 atom stereocenters. The van der Waals surface area contributed by atoms with Gasteiger partial charge in [0.2, 0.25) is 0 Å². The third kappa shape index (κ3) is 5.25. The van der Waals surface area contributed by atoms with Gasteiger partial charge in [0.15, 0.2) is 6.04 Å². The maximum absolute atomic E-state index is 13.5. The number of nitrogens with one attached hydrogen (secondary N) is 1. The molecule has 1 aliphatic rings. The third-order valence-corrected chi connectivity index (χ3v) is 6.25. The molecule has 2 aromatic carbocycles. The zero-order valence-corrected chi connectivity index (χ0v) is 18.8. The highest BCUT2D eigenvalue weighted by Gasteiger charge is 2.26. The number of carbonyl (C=O) groups excluding carboxylic acids is 1. The lowest BCUT2D eigenvalue weighted by molar-refractivity contribution is -0.139. The number of fused-ring (bicyclic) bond motifs is 1. The van der Waals surface area contributed by atoms with Crippen molar-refractivity contribution in [2.45, 2.75) is 51.1 Å². The van der Waals surface area contributed by atoms with Gasteiger partial charge in [0, 0.05) is 5.69 Å². The maximum atomic E-state index is 13.5. The normalized spacial score (nSPS) is 14.4. The van der Waals surface area contributed by atoms with Crippen LogP contribution in [0.5, 0.6) is 0 Å². The lowest BCUT2D eigenvalue weighted by Crippen LogP contribution is -2.39. The van der Waals surface area contributed by atoms with Crippen molar-refractivity contribution in [3.8, 4) is 0 Å². The topological polar surface area (TPSA) is 88.4 Å². The molecule has 1 heterocycles. The van der Waals surface area contributed by atoms with E-state index >= 15 is 0 Å². The number of hydrogen-bond acceptors (Lipinski definition) is 3. The van der Waals surface area contributed by atoms with Crippen LogP contribution in [0.4, 0.5) is 4.39 Å². The van der Waals surface area contributed by atoms with Crippen LogP contribution in [0.25, 0.3) is 0 Å². The fraction of sp³-hybridized carbons (Fsp3) is 0.296. The van der Waals surface area contributed by atoms with Gasteiger partial charge in [-0.15, -0.1) is 0 Å². The molecule has 176 valence electrons. The summed E-state index contributed by atoms with van der Waals surface area (Å²) in [5, 5.41) is 12.2. The van der Waals surface area contributed by atoms with Crippen molar-refractivity contribution in [2.24, 2.45) is 0 Å². The van der Waals surface area contributed by atoms with Gasteiger partial charge in [-0.2, -0.15) is 0 Å². The van der Waals surface area contributed by atoms with Crippen LogP contribution in [0.2, 0.25) is 0 Å². The summed E-state index contributed by atoms with van der Waals surface area (Å²) in [5.74, 6) is -2.29. The molecule has 1 aliphatic carbocycles. The van der Waals surface area contributed by atoms with Gasteiger partial charge >= 0.3 is 5.97 Å². The number of aryl methyl sites for hydroxylation is 1. The Balaban J connectivity index is 1.75. The molecule has 0 fully saturated rings. The van der Waals surface area contributed by atoms with E-state index < -0.39 is 23.5 Å². The zero-order chi connectivity index (χ0) is 24.1. The summed E-state index contributed by atoms with van der Waals surface area (Å²) in [4.78, 5) is 38.6. The van der Waals surface area contributed by atoms with Crippen LogP contribution in [0.15, 0.2) is 65.5 Å². The number of carboxylic acid groups (broad SMARTS) is 1. The molecule has 2 N–H and O–H groups in total. The Morgan fingerprint density at radius 1 is 0.971 bits per heavy atom. The van der Waals surface area contributed by atoms with Gasteiger partial charge in [-0.1, -0.05) is 55.3 Å². The van der Waals surface area contributed by atoms with Crippen molar-refractivity contribution in [3.63, 3.8) is 0 Å². The Kier molecular flexibility index (Phi) is 7.21. The van der Waals surface area contributed by atoms with Crippen LogP contribution in [0.3, 0.4) is 0 Å². The second kappa shape index (κ2) is 10.5. The number of carbonyl (C=O) groups is 2. The molecule has 0 saturated carbocycles. The number of halogens is 1. The minimum Gasteiger partial charge on any atom is -0.479 e. The maximum Gasteiger partial charge on any atom is 0.330 e. The lowest BCUT2D eigenvalue weighted by Gasteiger charge is -2.22. The van der Waals surface area contributed by atoms with Crippen molar-refractivity contribution in [1.82, 2.24) is 9.88 Å². The smallest absolute Gasteiger partial charge is 0.330 e. The first-order valence-corrected chi connectivity index (χ1v) is 11.5. The molecule has 0 aliphatic heterocycles. The highest BCUT2D eigenvalue weighted by atomic mass is 19.1. The van der Waals surface area contributed by atoms with E-state index in [0.29, 0.717) is 5.56 Å². The molecular weight excluding hydrogens is 435 g/mol. The lowest BCUT2D eigenvalue weighted by atomic mass is 9.95. The Bertz CT molecular complexity index is 1240. The molecule has 6 nitrogen and oxygen atoms in total. The number of pyridine rings is 1. The van der Waals surface area contributed by atoms with E-state index in [2.05, 4.69) is 5.32 Å². The SMILES string of the molecule is O=C(NC(C(=O)O)c1ccccc1)c1cc2c(n(Cc3ccc(F)cc3)c1=O)CCCCCC2. The third-order valence-electron chi connectivity index (χ3n) is 6.25. The van der Waals surface area contributed by atoms with Gasteiger partial charge in [-0.05, 0) is 60.6 Å². The van der Waals surface area contributed by atoms with Crippen LogP contribution in [0.1, 0.15) is 64.5 Å².